The minimum Gasteiger partial charge on any atom is -0.451 e. The first-order valence-corrected chi connectivity index (χ1v) is 9.85. The molecule has 168 valence electrons. The number of hydrogen-bond donors (Lipinski definition) is 0. The maximum atomic E-state index is 14.6. The highest BCUT2D eigenvalue weighted by Gasteiger charge is 2.35. The zero-order valence-corrected chi connectivity index (χ0v) is 17.5. The SMILES string of the molecule is Cn1c(C(F)(F)F)cc(=O)n(-c2cc(Oc3cncnc3SCC=O)c(Cl)cc2F)c1=O. The molecule has 0 unspecified atom stereocenters. The monoisotopic (exact) mass is 490 g/mol. The number of carbonyl (C=O) groups excluding carboxylic acids is 1. The van der Waals surface area contributed by atoms with Crippen LogP contribution < -0.4 is 16.0 Å². The molecule has 1 aromatic carbocycles. The van der Waals surface area contributed by atoms with Gasteiger partial charge in [0.05, 0.1) is 22.7 Å². The van der Waals surface area contributed by atoms with Crippen LogP contribution in [-0.2, 0) is 18.0 Å². The minimum atomic E-state index is -4.97. The molecule has 0 saturated heterocycles. The summed E-state index contributed by atoms with van der Waals surface area (Å²) in [6, 6.07) is 1.79. The molecule has 32 heavy (non-hydrogen) atoms. The first-order chi connectivity index (χ1) is 15.0. The molecule has 0 fully saturated rings. The summed E-state index contributed by atoms with van der Waals surface area (Å²) in [4.78, 5) is 43.1. The molecule has 0 amide bonds. The van der Waals surface area contributed by atoms with Crippen LogP contribution in [0.5, 0.6) is 11.5 Å². The van der Waals surface area contributed by atoms with Gasteiger partial charge in [0.2, 0.25) is 0 Å². The Morgan fingerprint density at radius 2 is 1.94 bits per heavy atom. The molecule has 14 heteroatoms. The summed E-state index contributed by atoms with van der Waals surface area (Å²) in [6.45, 7) is 0. The first-order valence-electron chi connectivity index (χ1n) is 8.48. The third-order valence-corrected chi connectivity index (χ3v) is 5.18. The van der Waals surface area contributed by atoms with Gasteiger partial charge in [-0.1, -0.05) is 23.4 Å². The van der Waals surface area contributed by atoms with E-state index >= 15 is 0 Å². The normalized spacial score (nSPS) is 11.4. The molecular formula is C18H11ClF4N4O4S. The molecule has 3 rings (SSSR count). The number of nitrogens with zero attached hydrogens (tertiary/aromatic N) is 4. The van der Waals surface area contributed by atoms with Crippen molar-refractivity contribution in [3.05, 3.63) is 68.1 Å². The molecule has 0 aliphatic heterocycles. The van der Waals surface area contributed by atoms with Crippen molar-refractivity contribution in [2.24, 2.45) is 7.05 Å². The second kappa shape index (κ2) is 9.12. The maximum Gasteiger partial charge on any atom is 0.431 e. The predicted octanol–water partition coefficient (Wildman–Crippen LogP) is 3.22. The highest BCUT2D eigenvalue weighted by Crippen LogP contribution is 2.36. The zero-order chi connectivity index (χ0) is 23.6. The smallest absolute Gasteiger partial charge is 0.431 e. The topological polar surface area (TPSA) is 96.1 Å². The Bertz CT molecular complexity index is 1310. The molecule has 2 heterocycles. The Morgan fingerprint density at radius 1 is 1.22 bits per heavy atom. The van der Waals surface area contributed by atoms with Crippen LogP contribution in [-0.4, -0.2) is 31.1 Å². The Morgan fingerprint density at radius 3 is 2.59 bits per heavy atom. The molecule has 2 aromatic heterocycles. The molecule has 0 bridgehead atoms. The number of hydrogen-bond acceptors (Lipinski definition) is 7. The third-order valence-electron chi connectivity index (χ3n) is 4.01. The second-order valence-corrected chi connectivity index (χ2v) is 7.46. The molecule has 0 spiro atoms. The van der Waals surface area contributed by atoms with Crippen LogP contribution >= 0.6 is 23.4 Å². The molecular weight excluding hydrogens is 480 g/mol. The average Bonchev–Trinajstić information content (AvgIpc) is 2.72. The van der Waals surface area contributed by atoms with Gasteiger partial charge in [-0.15, -0.1) is 0 Å². The second-order valence-electron chi connectivity index (χ2n) is 6.05. The highest BCUT2D eigenvalue weighted by atomic mass is 35.5. The molecule has 8 nitrogen and oxygen atoms in total. The quantitative estimate of drug-likeness (QED) is 0.226. The number of carbonyl (C=O) groups is 1. The Hall–Kier alpha value is -3.19. The summed E-state index contributed by atoms with van der Waals surface area (Å²) < 4.78 is 59.7. The van der Waals surface area contributed by atoms with Crippen molar-refractivity contribution in [2.75, 3.05) is 5.75 Å². The van der Waals surface area contributed by atoms with Gasteiger partial charge in [-0.25, -0.2) is 23.7 Å². The average molecular weight is 491 g/mol. The van der Waals surface area contributed by atoms with E-state index in [9.17, 15) is 31.9 Å². The van der Waals surface area contributed by atoms with E-state index in [0.717, 1.165) is 30.9 Å². The van der Waals surface area contributed by atoms with E-state index in [1.54, 1.807) is 0 Å². The molecule has 3 aromatic rings. The standard InChI is InChI=1S/C18H11ClF4N4O4S/c1-26-14(18(21,22)23)6-15(29)27(17(26)30)11-5-12(9(19)4-10(11)20)31-13-7-24-8-25-16(13)32-3-2-28/h2,4-8H,3H2,1H3. The van der Waals surface area contributed by atoms with Gasteiger partial charge in [0.1, 0.15) is 34.9 Å². The van der Waals surface area contributed by atoms with Crippen molar-refractivity contribution in [1.82, 2.24) is 19.1 Å². The van der Waals surface area contributed by atoms with Crippen LogP contribution in [0.1, 0.15) is 5.69 Å². The number of ether oxygens (including phenoxy) is 1. The number of alkyl halides is 3. The van der Waals surface area contributed by atoms with Gasteiger partial charge in [0.15, 0.2) is 5.75 Å². The van der Waals surface area contributed by atoms with Crippen LogP contribution in [0.4, 0.5) is 17.6 Å². The lowest BCUT2D eigenvalue weighted by Crippen LogP contribution is -2.41. The molecule has 0 atom stereocenters. The Balaban J connectivity index is 2.14. The van der Waals surface area contributed by atoms with Crippen LogP contribution in [0.25, 0.3) is 5.69 Å². The summed E-state index contributed by atoms with van der Waals surface area (Å²) in [5.74, 6) is -1.31. The Labute approximate surface area is 185 Å². The summed E-state index contributed by atoms with van der Waals surface area (Å²) >= 11 is 7.01. The first kappa shape index (κ1) is 23.5. The Kier molecular flexibility index (Phi) is 6.69. The maximum absolute atomic E-state index is 14.6. The summed E-state index contributed by atoms with van der Waals surface area (Å²) in [7, 11) is 0.796. The van der Waals surface area contributed by atoms with E-state index in [4.69, 9.17) is 16.3 Å². The van der Waals surface area contributed by atoms with E-state index in [2.05, 4.69) is 9.97 Å². The van der Waals surface area contributed by atoms with E-state index in [1.165, 1.54) is 12.5 Å². The van der Waals surface area contributed by atoms with Gasteiger partial charge in [-0.3, -0.25) is 9.36 Å². The fourth-order valence-electron chi connectivity index (χ4n) is 2.60. The number of benzene rings is 1. The van der Waals surface area contributed by atoms with Gasteiger partial charge >= 0.3 is 11.9 Å². The van der Waals surface area contributed by atoms with Crippen molar-refractivity contribution in [3.8, 4) is 17.2 Å². The number of aromatic nitrogens is 4. The van der Waals surface area contributed by atoms with Gasteiger partial charge in [0.25, 0.3) is 5.56 Å². The number of thioether (sulfide) groups is 1. The minimum absolute atomic E-state index is 0.0338. The van der Waals surface area contributed by atoms with Crippen LogP contribution in [0.3, 0.4) is 0 Å². The van der Waals surface area contributed by atoms with Gasteiger partial charge in [-0.2, -0.15) is 13.2 Å². The molecule has 0 saturated carbocycles. The van der Waals surface area contributed by atoms with Gasteiger partial charge in [-0.05, 0) is 6.07 Å². The number of halogens is 5. The summed E-state index contributed by atoms with van der Waals surface area (Å²) in [6.07, 6.45) is -1.90. The number of aldehydes is 1. The lowest BCUT2D eigenvalue weighted by Gasteiger charge is -2.16. The predicted molar refractivity (Wildman–Crippen MR) is 106 cm³/mol. The van der Waals surface area contributed by atoms with Gasteiger partial charge in [0, 0.05) is 19.2 Å². The molecule has 0 radical (unpaired) electrons. The van der Waals surface area contributed by atoms with Gasteiger partial charge < -0.3 is 9.53 Å². The van der Waals surface area contributed by atoms with Crippen molar-refractivity contribution in [3.63, 3.8) is 0 Å². The van der Waals surface area contributed by atoms with Crippen molar-refractivity contribution >= 4 is 29.6 Å². The van der Waals surface area contributed by atoms with Crippen LogP contribution in [0, 0.1) is 5.82 Å². The summed E-state index contributed by atoms with van der Waals surface area (Å²) in [5.41, 5.74) is -5.00. The highest BCUT2D eigenvalue weighted by molar-refractivity contribution is 7.99. The lowest BCUT2D eigenvalue weighted by molar-refractivity contribution is -0.144. The zero-order valence-electron chi connectivity index (χ0n) is 15.9. The fourth-order valence-corrected chi connectivity index (χ4v) is 3.38. The molecule has 0 aliphatic rings. The summed E-state index contributed by atoms with van der Waals surface area (Å²) in [5, 5.41) is -0.0186. The largest absolute Gasteiger partial charge is 0.451 e. The fraction of sp³-hybridized carbons (Fsp3) is 0.167. The van der Waals surface area contributed by atoms with Crippen molar-refractivity contribution < 1.29 is 27.1 Å². The van der Waals surface area contributed by atoms with Crippen LogP contribution in [0.15, 0.2) is 45.3 Å². The third kappa shape index (κ3) is 4.67. The van der Waals surface area contributed by atoms with E-state index in [-0.39, 0.29) is 42.5 Å². The molecule has 0 N–H and O–H groups in total. The lowest BCUT2D eigenvalue weighted by atomic mass is 10.2. The number of rotatable bonds is 6. The van der Waals surface area contributed by atoms with Crippen LogP contribution in [0.2, 0.25) is 5.02 Å². The van der Waals surface area contributed by atoms with E-state index in [0.29, 0.717) is 6.29 Å². The van der Waals surface area contributed by atoms with Crippen molar-refractivity contribution in [2.45, 2.75) is 11.2 Å². The van der Waals surface area contributed by atoms with Crippen molar-refractivity contribution in [1.29, 1.82) is 0 Å². The van der Waals surface area contributed by atoms with E-state index in [1.807, 2.05) is 0 Å². The molecule has 0 aliphatic carbocycles. The van der Waals surface area contributed by atoms with E-state index < -0.39 is 34.6 Å².